The number of nitrogens with zero attached hydrogens (tertiary/aromatic N) is 2. The highest BCUT2D eigenvalue weighted by Crippen LogP contribution is 2.29. The summed E-state index contributed by atoms with van der Waals surface area (Å²) in [6.07, 6.45) is 1.55. The number of hydrogen-bond acceptors (Lipinski definition) is 3. The summed E-state index contributed by atoms with van der Waals surface area (Å²) in [4.78, 5) is 2.10. The number of anilines is 1. The van der Waals surface area contributed by atoms with Gasteiger partial charge in [-0.2, -0.15) is 5.26 Å². The van der Waals surface area contributed by atoms with Crippen LogP contribution in [0.25, 0.3) is 0 Å². The Balaban J connectivity index is 2.12. The normalized spacial score (nSPS) is 12.8. The fourth-order valence-electron chi connectivity index (χ4n) is 1.76. The molecule has 0 N–H and O–H groups in total. The molecule has 3 nitrogen and oxygen atoms in total. The van der Waals surface area contributed by atoms with Crippen LogP contribution < -0.4 is 9.64 Å². The van der Waals surface area contributed by atoms with Crippen LogP contribution in [0.5, 0.6) is 5.75 Å². The molecule has 1 aromatic carbocycles. The maximum atomic E-state index is 8.52. The Bertz CT molecular complexity index is 395. The molecule has 0 amide bonds. The van der Waals surface area contributed by atoms with Crippen molar-refractivity contribution in [3.8, 4) is 11.8 Å². The molecule has 15 heavy (non-hydrogen) atoms. The Kier molecular flexibility index (Phi) is 2.77. The molecule has 1 aliphatic rings. The molecule has 0 aromatic heterocycles. The molecule has 1 aliphatic heterocycles. The van der Waals surface area contributed by atoms with Crippen LogP contribution in [-0.2, 0) is 6.42 Å². The third-order valence-electron chi connectivity index (χ3n) is 2.67. The van der Waals surface area contributed by atoms with Gasteiger partial charge in [-0.25, -0.2) is 0 Å². The zero-order valence-electron chi connectivity index (χ0n) is 8.86. The molecule has 0 aliphatic carbocycles. The van der Waals surface area contributed by atoms with E-state index in [1.54, 1.807) is 0 Å². The van der Waals surface area contributed by atoms with Gasteiger partial charge in [0.25, 0.3) is 0 Å². The summed E-state index contributed by atoms with van der Waals surface area (Å²) in [5.41, 5.74) is 2.44. The number of fused-ring (bicyclic) bond motifs is 1. The summed E-state index contributed by atoms with van der Waals surface area (Å²) in [6, 6.07) is 8.36. The molecule has 0 fully saturated rings. The van der Waals surface area contributed by atoms with E-state index < -0.39 is 0 Å². The lowest BCUT2D eigenvalue weighted by Gasteiger charge is -2.18. The molecule has 2 rings (SSSR count). The highest BCUT2D eigenvalue weighted by atomic mass is 16.5. The van der Waals surface area contributed by atoms with Crippen LogP contribution in [0.1, 0.15) is 12.0 Å². The Hall–Kier alpha value is -1.69. The summed E-state index contributed by atoms with van der Waals surface area (Å²) < 4.78 is 5.44. The molecule has 1 heterocycles. The van der Waals surface area contributed by atoms with Gasteiger partial charge in [0.2, 0.25) is 0 Å². The van der Waals surface area contributed by atoms with E-state index in [2.05, 4.69) is 17.0 Å². The van der Waals surface area contributed by atoms with Crippen molar-refractivity contribution in [2.24, 2.45) is 0 Å². The molecule has 0 atom stereocenters. The molecule has 0 bridgehead atoms. The SMILES string of the molecule is CN(CCC#N)c1ccc2c(c1)CCO2. The minimum absolute atomic E-state index is 0.560. The van der Waals surface area contributed by atoms with Crippen LogP contribution in [0.2, 0.25) is 0 Å². The lowest BCUT2D eigenvalue weighted by atomic mass is 10.1. The first-order valence-electron chi connectivity index (χ1n) is 5.15. The van der Waals surface area contributed by atoms with Crippen molar-refractivity contribution in [1.82, 2.24) is 0 Å². The minimum Gasteiger partial charge on any atom is -0.493 e. The fraction of sp³-hybridized carbons (Fsp3) is 0.417. The summed E-state index contributed by atoms with van der Waals surface area (Å²) in [5.74, 6) is 1.01. The average Bonchev–Trinajstić information content (AvgIpc) is 2.72. The Morgan fingerprint density at radius 1 is 1.53 bits per heavy atom. The summed E-state index contributed by atoms with van der Waals surface area (Å²) in [6.45, 7) is 1.57. The number of ether oxygens (including phenoxy) is 1. The highest BCUT2D eigenvalue weighted by molar-refractivity contribution is 5.53. The van der Waals surface area contributed by atoms with Crippen molar-refractivity contribution in [1.29, 1.82) is 5.26 Å². The van der Waals surface area contributed by atoms with Crippen LogP contribution in [0, 0.1) is 11.3 Å². The van der Waals surface area contributed by atoms with Gasteiger partial charge >= 0.3 is 0 Å². The van der Waals surface area contributed by atoms with Crippen LogP contribution in [0.3, 0.4) is 0 Å². The summed E-state index contributed by atoms with van der Waals surface area (Å²) in [7, 11) is 2.01. The second kappa shape index (κ2) is 4.22. The quantitative estimate of drug-likeness (QED) is 0.751. The van der Waals surface area contributed by atoms with Crippen molar-refractivity contribution >= 4 is 5.69 Å². The number of hydrogen-bond donors (Lipinski definition) is 0. The topological polar surface area (TPSA) is 36.3 Å². The third-order valence-corrected chi connectivity index (χ3v) is 2.67. The third kappa shape index (κ3) is 2.04. The average molecular weight is 202 g/mol. The Morgan fingerprint density at radius 3 is 3.20 bits per heavy atom. The first kappa shape index (κ1) is 9.85. The fourth-order valence-corrected chi connectivity index (χ4v) is 1.76. The summed E-state index contributed by atoms with van der Waals surface area (Å²) >= 11 is 0. The van der Waals surface area contributed by atoms with E-state index in [1.165, 1.54) is 5.56 Å². The van der Waals surface area contributed by atoms with Crippen molar-refractivity contribution in [3.05, 3.63) is 23.8 Å². The van der Waals surface area contributed by atoms with Gasteiger partial charge < -0.3 is 9.64 Å². The molecule has 0 radical (unpaired) electrons. The highest BCUT2D eigenvalue weighted by Gasteiger charge is 2.12. The van der Waals surface area contributed by atoms with E-state index in [1.807, 2.05) is 19.2 Å². The van der Waals surface area contributed by atoms with Gasteiger partial charge in [0.1, 0.15) is 5.75 Å². The molecule has 1 aromatic rings. The van der Waals surface area contributed by atoms with Crippen LogP contribution in [0.15, 0.2) is 18.2 Å². The number of benzene rings is 1. The predicted molar refractivity (Wildman–Crippen MR) is 59.1 cm³/mol. The molecule has 0 saturated heterocycles. The lowest BCUT2D eigenvalue weighted by Crippen LogP contribution is -2.17. The number of nitriles is 1. The summed E-state index contributed by atoms with van der Waals surface area (Å²) in [5, 5.41) is 8.52. The van der Waals surface area contributed by atoms with Crippen molar-refractivity contribution in [2.45, 2.75) is 12.8 Å². The molecular formula is C12H14N2O. The van der Waals surface area contributed by atoms with Crippen molar-refractivity contribution < 1.29 is 4.74 Å². The van der Waals surface area contributed by atoms with Crippen LogP contribution in [0.4, 0.5) is 5.69 Å². The van der Waals surface area contributed by atoms with E-state index in [0.717, 1.165) is 31.0 Å². The van der Waals surface area contributed by atoms with Gasteiger partial charge in [-0.15, -0.1) is 0 Å². The molecule has 0 saturated carbocycles. The van der Waals surface area contributed by atoms with Crippen molar-refractivity contribution in [3.63, 3.8) is 0 Å². The van der Waals surface area contributed by atoms with Gasteiger partial charge in [0, 0.05) is 25.7 Å². The molecule has 0 spiro atoms. The minimum atomic E-state index is 0.560. The van der Waals surface area contributed by atoms with Crippen molar-refractivity contribution in [2.75, 3.05) is 25.1 Å². The Morgan fingerprint density at radius 2 is 2.40 bits per heavy atom. The van der Waals surface area contributed by atoms with Gasteiger partial charge in [-0.05, 0) is 23.8 Å². The zero-order chi connectivity index (χ0) is 10.7. The first-order valence-corrected chi connectivity index (χ1v) is 5.15. The van der Waals surface area contributed by atoms with E-state index in [-0.39, 0.29) is 0 Å². The predicted octanol–water partition coefficient (Wildman–Crippen LogP) is 1.97. The van der Waals surface area contributed by atoms with E-state index >= 15 is 0 Å². The van der Waals surface area contributed by atoms with Gasteiger partial charge in [0.05, 0.1) is 19.1 Å². The molecular weight excluding hydrogens is 188 g/mol. The Labute approximate surface area is 89.9 Å². The smallest absolute Gasteiger partial charge is 0.122 e. The van der Waals surface area contributed by atoms with Gasteiger partial charge in [0.15, 0.2) is 0 Å². The zero-order valence-corrected chi connectivity index (χ0v) is 8.86. The second-order valence-corrected chi connectivity index (χ2v) is 3.72. The maximum absolute atomic E-state index is 8.52. The molecule has 78 valence electrons. The van der Waals surface area contributed by atoms with E-state index in [9.17, 15) is 0 Å². The van der Waals surface area contributed by atoms with Crippen LogP contribution in [-0.4, -0.2) is 20.2 Å². The molecule has 3 heteroatoms. The van der Waals surface area contributed by atoms with E-state index in [4.69, 9.17) is 10.00 Å². The monoisotopic (exact) mass is 202 g/mol. The largest absolute Gasteiger partial charge is 0.493 e. The lowest BCUT2D eigenvalue weighted by molar-refractivity contribution is 0.357. The standard InChI is InChI=1S/C12H14N2O/c1-14(7-2-6-13)11-3-4-12-10(9-11)5-8-15-12/h3-4,9H,2,5,7-8H2,1H3. The van der Waals surface area contributed by atoms with Gasteiger partial charge in [-0.1, -0.05) is 0 Å². The van der Waals surface area contributed by atoms with Gasteiger partial charge in [-0.3, -0.25) is 0 Å². The van der Waals surface area contributed by atoms with Crippen LogP contribution >= 0.6 is 0 Å². The molecule has 0 unspecified atom stereocenters. The maximum Gasteiger partial charge on any atom is 0.122 e. The number of rotatable bonds is 3. The van der Waals surface area contributed by atoms with E-state index in [0.29, 0.717) is 6.42 Å². The second-order valence-electron chi connectivity index (χ2n) is 3.72. The first-order chi connectivity index (χ1) is 7.31.